The number of anilines is 2. The number of benzene rings is 1. The SMILES string of the molecule is O=C(Nc1cc(N2CCNCC2)cc2cccnc12)c1cnccn1. The van der Waals surface area contributed by atoms with Crippen LogP contribution in [0.2, 0.25) is 0 Å². The number of nitrogens with zero attached hydrogens (tertiary/aromatic N) is 4. The van der Waals surface area contributed by atoms with Gasteiger partial charge in [-0.25, -0.2) is 4.98 Å². The molecule has 3 aromatic rings. The summed E-state index contributed by atoms with van der Waals surface area (Å²) in [6.07, 6.45) is 6.22. The van der Waals surface area contributed by atoms with Gasteiger partial charge in [-0.1, -0.05) is 6.07 Å². The van der Waals surface area contributed by atoms with Crippen molar-refractivity contribution in [2.24, 2.45) is 0 Å². The molecular weight excluding hydrogens is 316 g/mol. The highest BCUT2D eigenvalue weighted by molar-refractivity contribution is 6.08. The number of aromatic nitrogens is 3. The summed E-state index contributed by atoms with van der Waals surface area (Å²) in [4.78, 5) is 27.2. The standard InChI is InChI=1S/C18H18N6O/c25-18(16-12-20-4-5-21-16)23-15-11-14(24-8-6-19-7-9-24)10-13-2-1-3-22-17(13)15/h1-5,10-12,19H,6-9H2,(H,23,25). The number of nitrogens with one attached hydrogen (secondary N) is 2. The van der Waals surface area contributed by atoms with Crippen LogP contribution in [-0.4, -0.2) is 47.0 Å². The van der Waals surface area contributed by atoms with E-state index in [-0.39, 0.29) is 11.6 Å². The van der Waals surface area contributed by atoms with Crippen LogP contribution in [0.15, 0.2) is 49.1 Å². The van der Waals surface area contributed by atoms with Gasteiger partial charge >= 0.3 is 0 Å². The maximum atomic E-state index is 12.5. The van der Waals surface area contributed by atoms with E-state index < -0.39 is 0 Å². The molecule has 0 atom stereocenters. The van der Waals surface area contributed by atoms with Crippen molar-refractivity contribution in [2.75, 3.05) is 36.4 Å². The van der Waals surface area contributed by atoms with Crippen molar-refractivity contribution >= 4 is 28.2 Å². The lowest BCUT2D eigenvalue weighted by atomic mass is 10.1. The van der Waals surface area contributed by atoms with Crippen molar-refractivity contribution in [2.45, 2.75) is 0 Å². The Labute approximate surface area is 145 Å². The third kappa shape index (κ3) is 3.27. The molecule has 0 unspecified atom stereocenters. The molecule has 126 valence electrons. The molecule has 1 fully saturated rings. The number of hydrogen-bond donors (Lipinski definition) is 2. The summed E-state index contributed by atoms with van der Waals surface area (Å²) in [7, 11) is 0. The van der Waals surface area contributed by atoms with E-state index in [2.05, 4.69) is 36.6 Å². The van der Waals surface area contributed by atoms with Crippen LogP contribution in [-0.2, 0) is 0 Å². The fraction of sp³-hybridized carbons (Fsp3) is 0.222. The van der Waals surface area contributed by atoms with Crippen LogP contribution < -0.4 is 15.5 Å². The Hall–Kier alpha value is -3.06. The molecule has 0 spiro atoms. The minimum Gasteiger partial charge on any atom is -0.369 e. The Morgan fingerprint density at radius 2 is 2.00 bits per heavy atom. The lowest BCUT2D eigenvalue weighted by Gasteiger charge is -2.30. The molecule has 7 nitrogen and oxygen atoms in total. The topological polar surface area (TPSA) is 83.0 Å². The zero-order valence-corrected chi connectivity index (χ0v) is 13.6. The normalized spacial score (nSPS) is 14.5. The molecule has 0 bridgehead atoms. The van der Waals surface area contributed by atoms with Gasteiger partial charge in [0.2, 0.25) is 0 Å². The number of hydrogen-bond acceptors (Lipinski definition) is 6. The second kappa shape index (κ2) is 6.82. The average Bonchev–Trinajstić information content (AvgIpc) is 2.69. The Morgan fingerprint density at radius 3 is 2.80 bits per heavy atom. The molecule has 0 radical (unpaired) electrons. The van der Waals surface area contributed by atoms with Crippen molar-refractivity contribution in [3.8, 4) is 0 Å². The Balaban J connectivity index is 1.72. The number of pyridine rings is 1. The van der Waals surface area contributed by atoms with Gasteiger partial charge in [-0.15, -0.1) is 0 Å². The molecule has 4 rings (SSSR count). The predicted octanol–water partition coefficient (Wildman–Crippen LogP) is 1.69. The first-order chi connectivity index (χ1) is 12.3. The number of rotatable bonds is 3. The summed E-state index contributed by atoms with van der Waals surface area (Å²) in [5.41, 5.74) is 2.80. The van der Waals surface area contributed by atoms with Gasteiger partial charge in [0.05, 0.1) is 17.4 Å². The van der Waals surface area contributed by atoms with Gasteiger partial charge in [0.1, 0.15) is 5.69 Å². The fourth-order valence-electron chi connectivity index (χ4n) is 2.98. The van der Waals surface area contributed by atoms with E-state index in [4.69, 9.17) is 0 Å². The molecule has 2 aromatic heterocycles. The molecule has 2 N–H and O–H groups in total. The van der Waals surface area contributed by atoms with E-state index in [0.29, 0.717) is 5.69 Å². The lowest BCUT2D eigenvalue weighted by molar-refractivity contribution is 0.102. The Kier molecular flexibility index (Phi) is 4.22. The molecule has 7 heteroatoms. The van der Waals surface area contributed by atoms with Gasteiger partial charge in [-0.2, -0.15) is 0 Å². The van der Waals surface area contributed by atoms with Crippen LogP contribution in [0.4, 0.5) is 11.4 Å². The van der Waals surface area contributed by atoms with E-state index in [1.165, 1.54) is 12.4 Å². The molecule has 1 amide bonds. The van der Waals surface area contributed by atoms with Gasteiger partial charge in [0, 0.05) is 55.8 Å². The van der Waals surface area contributed by atoms with Crippen molar-refractivity contribution in [3.05, 3.63) is 54.7 Å². The first-order valence-electron chi connectivity index (χ1n) is 8.23. The van der Waals surface area contributed by atoms with Crippen LogP contribution in [0.3, 0.4) is 0 Å². The smallest absolute Gasteiger partial charge is 0.275 e. The van der Waals surface area contributed by atoms with Gasteiger partial charge in [0.15, 0.2) is 0 Å². The average molecular weight is 334 g/mol. The summed E-state index contributed by atoms with van der Waals surface area (Å²) >= 11 is 0. The summed E-state index contributed by atoms with van der Waals surface area (Å²) in [5.74, 6) is -0.294. The molecule has 1 aliphatic rings. The predicted molar refractivity (Wildman–Crippen MR) is 96.8 cm³/mol. The molecule has 25 heavy (non-hydrogen) atoms. The third-order valence-corrected chi connectivity index (χ3v) is 4.22. The molecular formula is C18H18N6O. The Morgan fingerprint density at radius 1 is 1.12 bits per heavy atom. The van der Waals surface area contributed by atoms with E-state index >= 15 is 0 Å². The highest BCUT2D eigenvalue weighted by Crippen LogP contribution is 2.29. The monoisotopic (exact) mass is 334 g/mol. The van der Waals surface area contributed by atoms with Crippen LogP contribution in [0.25, 0.3) is 10.9 Å². The summed E-state index contributed by atoms with van der Waals surface area (Å²) < 4.78 is 0. The van der Waals surface area contributed by atoms with Gasteiger partial charge in [-0.3, -0.25) is 14.8 Å². The molecule has 0 aliphatic carbocycles. The number of piperazine rings is 1. The van der Waals surface area contributed by atoms with Crippen LogP contribution in [0, 0.1) is 0 Å². The number of fused-ring (bicyclic) bond motifs is 1. The molecule has 1 saturated heterocycles. The Bertz CT molecular complexity index is 892. The zero-order valence-electron chi connectivity index (χ0n) is 13.6. The molecule has 0 saturated carbocycles. The van der Waals surface area contributed by atoms with Crippen molar-refractivity contribution in [1.29, 1.82) is 0 Å². The van der Waals surface area contributed by atoms with Crippen LogP contribution >= 0.6 is 0 Å². The fourth-order valence-corrected chi connectivity index (χ4v) is 2.98. The molecule has 3 heterocycles. The minimum atomic E-state index is -0.294. The van der Waals surface area contributed by atoms with Crippen molar-refractivity contribution < 1.29 is 4.79 Å². The second-order valence-corrected chi connectivity index (χ2v) is 5.85. The van der Waals surface area contributed by atoms with Gasteiger partial charge in [0.25, 0.3) is 5.91 Å². The highest BCUT2D eigenvalue weighted by atomic mass is 16.1. The first-order valence-corrected chi connectivity index (χ1v) is 8.23. The van der Waals surface area contributed by atoms with E-state index in [1.807, 2.05) is 18.2 Å². The zero-order chi connectivity index (χ0) is 17.1. The maximum Gasteiger partial charge on any atom is 0.275 e. The van der Waals surface area contributed by atoms with Crippen molar-refractivity contribution in [1.82, 2.24) is 20.3 Å². The second-order valence-electron chi connectivity index (χ2n) is 5.85. The summed E-state index contributed by atoms with van der Waals surface area (Å²) in [6.45, 7) is 3.77. The maximum absolute atomic E-state index is 12.5. The van der Waals surface area contributed by atoms with Crippen molar-refractivity contribution in [3.63, 3.8) is 0 Å². The quantitative estimate of drug-likeness (QED) is 0.758. The number of carbonyl (C=O) groups excluding carboxylic acids is 1. The molecule has 1 aromatic carbocycles. The number of carbonyl (C=O) groups is 1. The van der Waals surface area contributed by atoms with E-state index in [1.54, 1.807) is 12.4 Å². The largest absolute Gasteiger partial charge is 0.369 e. The molecule has 1 aliphatic heterocycles. The lowest BCUT2D eigenvalue weighted by Crippen LogP contribution is -2.43. The van der Waals surface area contributed by atoms with Gasteiger partial charge < -0.3 is 15.5 Å². The van der Waals surface area contributed by atoms with E-state index in [9.17, 15) is 4.79 Å². The first kappa shape index (κ1) is 15.5. The highest BCUT2D eigenvalue weighted by Gasteiger charge is 2.16. The van der Waals surface area contributed by atoms with Gasteiger partial charge in [-0.05, 0) is 18.2 Å². The minimum absolute atomic E-state index is 0.277. The summed E-state index contributed by atoms with van der Waals surface area (Å²) in [5, 5.41) is 7.28. The summed E-state index contributed by atoms with van der Waals surface area (Å²) in [6, 6.07) is 8.00. The third-order valence-electron chi connectivity index (χ3n) is 4.22. The van der Waals surface area contributed by atoms with E-state index in [0.717, 1.165) is 42.8 Å². The van der Waals surface area contributed by atoms with Crippen LogP contribution in [0.1, 0.15) is 10.5 Å². The van der Waals surface area contributed by atoms with Crippen LogP contribution in [0.5, 0.6) is 0 Å². The number of amides is 1.